The molecule has 32 heavy (non-hydrogen) atoms. The van der Waals surface area contributed by atoms with Crippen molar-refractivity contribution in [3.8, 4) is 0 Å². The number of aryl methyl sites for hydroxylation is 1. The summed E-state index contributed by atoms with van der Waals surface area (Å²) in [6.45, 7) is 8.76. The van der Waals surface area contributed by atoms with E-state index in [0.29, 0.717) is 0 Å². The Morgan fingerprint density at radius 3 is 2.31 bits per heavy atom. The number of likely N-dealkylation sites (tertiary alicyclic amines) is 1. The third-order valence-corrected chi connectivity index (χ3v) is 9.22. The molecule has 1 atom stereocenters. The van der Waals surface area contributed by atoms with E-state index in [2.05, 4.69) is 42.9 Å². The average molecular weight is 449 g/mol. The van der Waals surface area contributed by atoms with E-state index in [1.807, 2.05) is 42.5 Å². The maximum Gasteiger partial charge on any atom is 0.313 e. The lowest BCUT2D eigenvalue weighted by Crippen LogP contribution is -2.36. The largest absolute Gasteiger partial charge is 0.374 e. The number of allylic oxidation sites excluding steroid dienone is 2. The molecule has 0 bridgehead atoms. The van der Waals surface area contributed by atoms with Gasteiger partial charge in [0.25, 0.3) is 0 Å². The summed E-state index contributed by atoms with van der Waals surface area (Å²) in [4.78, 5) is 2.49. The highest BCUT2D eigenvalue weighted by molar-refractivity contribution is 7.73. The van der Waals surface area contributed by atoms with Crippen molar-refractivity contribution in [3.63, 3.8) is 0 Å². The fraction of sp³-hybridized carbons (Fsp3) is 0.423. The number of hydrazone groups is 1. The molecular formula is C26H33N4OP. The molecule has 0 radical (unpaired) electrons. The van der Waals surface area contributed by atoms with E-state index in [1.165, 1.54) is 30.5 Å². The molecule has 2 aromatic carbocycles. The molecule has 168 valence electrons. The fourth-order valence-corrected chi connectivity index (χ4v) is 7.75. The monoisotopic (exact) mass is 448 g/mol. The molecular weight excluding hydrogens is 415 g/mol. The van der Waals surface area contributed by atoms with Crippen LogP contribution < -0.4 is 9.87 Å². The van der Waals surface area contributed by atoms with Gasteiger partial charge in [-0.15, -0.1) is 0 Å². The van der Waals surface area contributed by atoms with Crippen LogP contribution in [0.25, 0.3) is 0 Å². The average Bonchev–Trinajstić information content (AvgIpc) is 3.07. The molecule has 2 heterocycles. The highest BCUT2D eigenvalue weighted by atomic mass is 31.2. The molecule has 2 aromatic rings. The van der Waals surface area contributed by atoms with Gasteiger partial charge in [-0.2, -0.15) is 9.88 Å². The van der Waals surface area contributed by atoms with Gasteiger partial charge in [0.2, 0.25) is 0 Å². The molecule has 0 aromatic heterocycles. The van der Waals surface area contributed by atoms with Crippen LogP contribution in [-0.2, 0) is 4.57 Å². The number of nitrogens with one attached hydrogen (secondary N) is 1. The van der Waals surface area contributed by atoms with Crippen LogP contribution in [0.4, 0.5) is 11.4 Å². The van der Waals surface area contributed by atoms with Crippen molar-refractivity contribution in [1.29, 1.82) is 0 Å². The van der Waals surface area contributed by atoms with Gasteiger partial charge in [0.15, 0.2) is 0 Å². The molecule has 1 fully saturated rings. The third-order valence-electron chi connectivity index (χ3n) is 6.68. The lowest BCUT2D eigenvalue weighted by atomic mass is 9.78. The van der Waals surface area contributed by atoms with Crippen molar-refractivity contribution < 1.29 is 4.57 Å². The van der Waals surface area contributed by atoms with Crippen molar-refractivity contribution in [2.45, 2.75) is 52.9 Å². The van der Waals surface area contributed by atoms with E-state index in [0.717, 1.165) is 48.3 Å². The predicted molar refractivity (Wildman–Crippen MR) is 134 cm³/mol. The number of fused-ring (bicyclic) bond motifs is 1. The first kappa shape index (κ1) is 21.3. The zero-order chi connectivity index (χ0) is 22.3. The van der Waals surface area contributed by atoms with E-state index in [4.69, 9.17) is 5.10 Å². The van der Waals surface area contributed by atoms with Crippen molar-refractivity contribution in [1.82, 2.24) is 4.90 Å². The zero-order valence-corrected chi connectivity index (χ0v) is 20.2. The van der Waals surface area contributed by atoms with Crippen LogP contribution in [0.1, 0.15) is 51.5 Å². The van der Waals surface area contributed by atoms with Crippen LogP contribution in [0.2, 0.25) is 0 Å². The highest BCUT2D eigenvalue weighted by Crippen LogP contribution is 2.66. The van der Waals surface area contributed by atoms with Crippen LogP contribution in [-0.4, -0.2) is 23.7 Å². The molecule has 5 rings (SSSR count). The molecule has 2 aliphatic heterocycles. The molecule has 3 aliphatic rings. The number of para-hydroxylation sites is 1. The minimum absolute atomic E-state index is 0.0938. The third kappa shape index (κ3) is 3.88. The van der Waals surface area contributed by atoms with Crippen molar-refractivity contribution >= 4 is 24.5 Å². The lowest BCUT2D eigenvalue weighted by molar-refractivity contribution is 0.240. The second-order valence-electron chi connectivity index (χ2n) is 10.1. The first-order chi connectivity index (χ1) is 15.4. The van der Waals surface area contributed by atoms with Gasteiger partial charge in [0, 0.05) is 24.5 Å². The Bertz CT molecular complexity index is 1100. The van der Waals surface area contributed by atoms with Gasteiger partial charge in [-0.25, -0.2) is 0 Å². The SMILES string of the molecule is Cc1ccc(N[P@]2(=O)C3=C(N4CCCCC4)CC(C)(C)CC3=NN2c2ccccc2)cc1. The van der Waals surface area contributed by atoms with Crippen LogP contribution >= 0.6 is 7.44 Å². The Hall–Kier alpha value is -2.52. The molecule has 0 amide bonds. The fourth-order valence-electron chi connectivity index (χ4n) is 5.12. The number of anilines is 2. The summed E-state index contributed by atoms with van der Waals surface area (Å²) in [5.41, 5.74) is 5.22. The van der Waals surface area contributed by atoms with Gasteiger partial charge < -0.3 is 9.99 Å². The first-order valence-corrected chi connectivity index (χ1v) is 13.4. The van der Waals surface area contributed by atoms with Crippen molar-refractivity contribution in [3.05, 3.63) is 71.2 Å². The van der Waals surface area contributed by atoms with Gasteiger partial charge in [-0.05, 0) is 68.7 Å². The summed E-state index contributed by atoms with van der Waals surface area (Å²) in [6, 6.07) is 18.1. The second-order valence-corrected chi connectivity index (χ2v) is 12.3. The Labute approximate surface area is 191 Å². The van der Waals surface area contributed by atoms with Crippen LogP contribution in [0.15, 0.2) is 70.7 Å². The van der Waals surface area contributed by atoms with E-state index >= 15 is 4.57 Å². The maximum absolute atomic E-state index is 15.0. The van der Waals surface area contributed by atoms with E-state index < -0.39 is 7.44 Å². The first-order valence-electron chi connectivity index (χ1n) is 11.7. The van der Waals surface area contributed by atoms with E-state index in [1.54, 1.807) is 4.78 Å². The minimum atomic E-state index is -3.23. The Morgan fingerprint density at radius 1 is 0.938 bits per heavy atom. The molecule has 5 nitrogen and oxygen atoms in total. The predicted octanol–water partition coefficient (Wildman–Crippen LogP) is 6.99. The normalized spacial score (nSPS) is 24.9. The van der Waals surface area contributed by atoms with Gasteiger partial charge in [0.05, 0.1) is 16.7 Å². The molecule has 1 aliphatic carbocycles. The van der Waals surface area contributed by atoms with Gasteiger partial charge >= 0.3 is 7.44 Å². The lowest BCUT2D eigenvalue weighted by Gasteiger charge is -2.40. The number of hydrogen-bond donors (Lipinski definition) is 1. The van der Waals surface area contributed by atoms with E-state index in [9.17, 15) is 0 Å². The summed E-state index contributed by atoms with van der Waals surface area (Å²) in [7, 11) is -3.23. The molecule has 0 saturated carbocycles. The molecule has 0 spiro atoms. The summed E-state index contributed by atoms with van der Waals surface area (Å²) in [5, 5.41) is 9.45. The number of rotatable bonds is 4. The molecule has 6 heteroatoms. The second kappa shape index (κ2) is 8.12. The zero-order valence-electron chi connectivity index (χ0n) is 19.3. The van der Waals surface area contributed by atoms with Gasteiger partial charge in [0.1, 0.15) is 0 Å². The Balaban J connectivity index is 1.67. The van der Waals surface area contributed by atoms with Crippen LogP contribution in [0.5, 0.6) is 0 Å². The quantitative estimate of drug-likeness (QED) is 0.512. The molecule has 1 saturated heterocycles. The van der Waals surface area contributed by atoms with E-state index in [-0.39, 0.29) is 5.41 Å². The topological polar surface area (TPSA) is 47.9 Å². The molecule has 0 unspecified atom stereocenters. The standard InChI is InChI=1S/C26H33N4OP/c1-20-12-14-21(15-13-20)28-32(31)25-23(27-30(32)22-10-6-4-7-11-22)18-26(2,3)19-24(25)29-16-8-5-9-17-29/h4,6-7,10-15H,5,8-9,16-19H2,1-3H3,(H,28,31)/t32-/m1/s1. The smallest absolute Gasteiger partial charge is 0.313 e. The Morgan fingerprint density at radius 2 is 1.62 bits per heavy atom. The minimum Gasteiger partial charge on any atom is -0.374 e. The number of benzene rings is 2. The summed E-state index contributed by atoms with van der Waals surface area (Å²) in [6.07, 6.45) is 5.44. The number of piperidine rings is 1. The Kier molecular flexibility index (Phi) is 5.41. The van der Waals surface area contributed by atoms with Crippen molar-refractivity contribution in [2.75, 3.05) is 23.0 Å². The number of hydrogen-bond acceptors (Lipinski definition) is 3. The van der Waals surface area contributed by atoms with Crippen molar-refractivity contribution in [2.24, 2.45) is 10.5 Å². The summed E-state index contributed by atoms with van der Waals surface area (Å²) < 4.78 is 16.8. The van der Waals surface area contributed by atoms with Gasteiger partial charge in [-0.3, -0.25) is 4.57 Å². The molecule has 1 N–H and O–H groups in total. The maximum atomic E-state index is 15.0. The van der Waals surface area contributed by atoms with Crippen LogP contribution in [0.3, 0.4) is 0 Å². The summed E-state index contributed by atoms with van der Waals surface area (Å²) >= 11 is 0. The highest BCUT2D eigenvalue weighted by Gasteiger charge is 2.50. The summed E-state index contributed by atoms with van der Waals surface area (Å²) in [5.74, 6) is 0. The number of nitrogens with zero attached hydrogens (tertiary/aromatic N) is 3. The van der Waals surface area contributed by atoms with Crippen LogP contribution in [0, 0.1) is 12.3 Å². The van der Waals surface area contributed by atoms with Gasteiger partial charge in [-0.1, -0.05) is 49.7 Å².